The number of benzene rings is 9. The van der Waals surface area contributed by atoms with Crippen molar-refractivity contribution >= 4 is 74.6 Å². The lowest BCUT2D eigenvalue weighted by Crippen LogP contribution is -1.91. The largest absolute Gasteiger partial charge is 0.472 e. The highest BCUT2D eigenvalue weighted by Gasteiger charge is 2.23. The second-order valence-corrected chi connectivity index (χ2v) is 15.0. The van der Waals surface area contributed by atoms with Gasteiger partial charge in [-0.3, -0.25) is 0 Å². The summed E-state index contributed by atoms with van der Waals surface area (Å²) in [7, 11) is 0. The molecule has 9 aromatic carbocycles. The van der Waals surface area contributed by atoms with E-state index in [4.69, 9.17) is 4.42 Å². The summed E-state index contributed by atoms with van der Waals surface area (Å²) in [4.78, 5) is 0. The van der Waals surface area contributed by atoms with Gasteiger partial charge < -0.3 is 4.42 Å². The van der Waals surface area contributed by atoms with Crippen molar-refractivity contribution in [2.75, 3.05) is 0 Å². The summed E-state index contributed by atoms with van der Waals surface area (Å²) in [5.74, 6) is 0. The van der Waals surface area contributed by atoms with Crippen molar-refractivity contribution in [3.63, 3.8) is 0 Å². The van der Waals surface area contributed by atoms with E-state index in [9.17, 15) is 0 Å². The maximum absolute atomic E-state index is 5.74. The Morgan fingerprint density at radius 1 is 0.358 bits per heavy atom. The van der Waals surface area contributed by atoms with Crippen molar-refractivity contribution < 1.29 is 4.42 Å². The van der Waals surface area contributed by atoms with Gasteiger partial charge in [-0.15, -0.1) is 11.3 Å². The molecule has 0 saturated carbocycles. The highest BCUT2D eigenvalue weighted by molar-refractivity contribution is 7.26. The summed E-state index contributed by atoms with van der Waals surface area (Å²) in [6, 6.07) is 60.3. The van der Waals surface area contributed by atoms with Crippen molar-refractivity contribution in [1.82, 2.24) is 0 Å². The van der Waals surface area contributed by atoms with Crippen LogP contribution >= 0.6 is 11.3 Å². The van der Waals surface area contributed by atoms with Gasteiger partial charge in [0.25, 0.3) is 0 Å². The number of hydrogen-bond donors (Lipinski definition) is 0. The van der Waals surface area contributed by atoms with E-state index in [1.165, 1.54) is 102 Å². The first-order valence-corrected chi connectivity index (χ1v) is 19.0. The van der Waals surface area contributed by atoms with Crippen LogP contribution in [0.4, 0.5) is 0 Å². The summed E-state index contributed by atoms with van der Waals surface area (Å²) >= 11 is 1.91. The van der Waals surface area contributed by atoms with Crippen LogP contribution in [0.5, 0.6) is 0 Å². The molecule has 0 aliphatic carbocycles. The summed E-state index contributed by atoms with van der Waals surface area (Å²) in [5.41, 5.74) is 11.2. The Bertz CT molecular complexity index is 3120. The molecule has 2 heteroatoms. The first-order valence-electron chi connectivity index (χ1n) is 18.2. The predicted molar refractivity (Wildman–Crippen MR) is 228 cm³/mol. The summed E-state index contributed by atoms with van der Waals surface area (Å²) < 4.78 is 8.35. The molecule has 0 fully saturated rings. The minimum absolute atomic E-state index is 1.14. The Kier molecular flexibility index (Phi) is 6.71. The smallest absolute Gasteiger partial charge is 0.0984 e. The molecular formula is C51H32OS. The molecule has 0 N–H and O–H groups in total. The molecule has 53 heavy (non-hydrogen) atoms. The van der Waals surface area contributed by atoms with Gasteiger partial charge in [-0.1, -0.05) is 158 Å². The quantitative estimate of drug-likeness (QED) is 0.167. The van der Waals surface area contributed by atoms with Crippen molar-refractivity contribution in [2.24, 2.45) is 0 Å². The van der Waals surface area contributed by atoms with E-state index in [0.717, 1.165) is 11.1 Å². The zero-order valence-corrected chi connectivity index (χ0v) is 29.9. The Morgan fingerprint density at radius 3 is 1.32 bits per heavy atom. The number of fused-ring (bicyclic) bond motifs is 7. The third kappa shape index (κ3) is 4.43. The zero-order valence-electron chi connectivity index (χ0n) is 29.1. The van der Waals surface area contributed by atoms with Crippen molar-refractivity contribution in [3.05, 3.63) is 182 Å². The third-order valence-corrected chi connectivity index (χ3v) is 12.3. The maximum Gasteiger partial charge on any atom is 0.0984 e. The molecule has 11 aromatic rings. The minimum atomic E-state index is 1.14. The van der Waals surface area contributed by atoms with Crippen LogP contribution in [0, 0.1) is 6.92 Å². The number of aryl methyl sites for hydroxylation is 1. The third-order valence-electron chi connectivity index (χ3n) is 11.1. The Hall–Kier alpha value is -6.48. The van der Waals surface area contributed by atoms with Gasteiger partial charge in [-0.05, 0) is 89.5 Å². The molecule has 0 spiro atoms. The molecule has 0 saturated heterocycles. The maximum atomic E-state index is 5.74. The van der Waals surface area contributed by atoms with Gasteiger partial charge in [0.2, 0.25) is 0 Å². The van der Waals surface area contributed by atoms with Crippen LogP contribution in [-0.4, -0.2) is 0 Å². The number of hydrogen-bond acceptors (Lipinski definition) is 2. The lowest BCUT2D eigenvalue weighted by atomic mass is 9.84. The van der Waals surface area contributed by atoms with Gasteiger partial charge in [-0.25, -0.2) is 0 Å². The van der Waals surface area contributed by atoms with Gasteiger partial charge >= 0.3 is 0 Å². The van der Waals surface area contributed by atoms with Crippen LogP contribution in [-0.2, 0) is 0 Å². The fraction of sp³-hybridized carbons (Fsp3) is 0.0196. The fourth-order valence-electron chi connectivity index (χ4n) is 8.91. The molecule has 0 unspecified atom stereocenters. The topological polar surface area (TPSA) is 13.1 Å². The van der Waals surface area contributed by atoms with Gasteiger partial charge in [0, 0.05) is 36.9 Å². The number of thiophene rings is 1. The summed E-state index contributed by atoms with van der Waals surface area (Å²) in [6.07, 6.45) is 3.75. The predicted octanol–water partition coefficient (Wildman–Crippen LogP) is 15.2. The molecule has 0 atom stereocenters. The van der Waals surface area contributed by atoms with E-state index in [1.54, 1.807) is 0 Å². The van der Waals surface area contributed by atoms with Crippen LogP contribution < -0.4 is 0 Å². The lowest BCUT2D eigenvalue weighted by molar-refractivity contribution is 0.566. The van der Waals surface area contributed by atoms with E-state index in [2.05, 4.69) is 171 Å². The van der Waals surface area contributed by atoms with Gasteiger partial charge in [0.05, 0.1) is 12.5 Å². The van der Waals surface area contributed by atoms with E-state index < -0.39 is 0 Å². The molecule has 0 radical (unpaired) electrons. The molecule has 248 valence electrons. The zero-order chi connectivity index (χ0) is 35.0. The average molecular weight is 693 g/mol. The number of furan rings is 1. The Labute approximate surface area is 311 Å². The average Bonchev–Trinajstić information content (AvgIpc) is 3.82. The van der Waals surface area contributed by atoms with Crippen LogP contribution in [0.2, 0.25) is 0 Å². The molecule has 0 amide bonds. The molecule has 2 heterocycles. The molecule has 0 bridgehead atoms. The van der Waals surface area contributed by atoms with Crippen LogP contribution in [0.15, 0.2) is 181 Å². The lowest BCUT2D eigenvalue weighted by Gasteiger charge is -2.18. The minimum Gasteiger partial charge on any atom is -0.472 e. The monoisotopic (exact) mass is 692 g/mol. The van der Waals surface area contributed by atoms with E-state index in [-0.39, 0.29) is 0 Å². The second kappa shape index (κ2) is 11.8. The first-order chi connectivity index (χ1) is 26.3. The molecule has 2 aromatic heterocycles. The fourth-order valence-corrected chi connectivity index (χ4v) is 10.2. The van der Waals surface area contributed by atoms with Gasteiger partial charge in [0.1, 0.15) is 0 Å². The van der Waals surface area contributed by atoms with Crippen LogP contribution in [0.1, 0.15) is 5.56 Å². The summed E-state index contributed by atoms with van der Waals surface area (Å²) in [6.45, 7) is 2.13. The first kappa shape index (κ1) is 30.2. The highest BCUT2D eigenvalue weighted by Crippen LogP contribution is 2.51. The van der Waals surface area contributed by atoms with Gasteiger partial charge in [-0.2, -0.15) is 0 Å². The van der Waals surface area contributed by atoms with E-state index >= 15 is 0 Å². The Morgan fingerprint density at radius 2 is 0.792 bits per heavy atom. The normalized spacial score (nSPS) is 11.9. The van der Waals surface area contributed by atoms with Crippen molar-refractivity contribution in [1.29, 1.82) is 0 Å². The van der Waals surface area contributed by atoms with E-state index in [0.29, 0.717) is 0 Å². The van der Waals surface area contributed by atoms with Crippen molar-refractivity contribution in [2.45, 2.75) is 6.92 Å². The molecule has 11 rings (SSSR count). The highest BCUT2D eigenvalue weighted by atomic mass is 32.1. The molecule has 0 aliphatic rings. The van der Waals surface area contributed by atoms with Crippen molar-refractivity contribution in [3.8, 4) is 44.5 Å². The Balaban J connectivity index is 1.24. The van der Waals surface area contributed by atoms with Gasteiger partial charge in [0.15, 0.2) is 0 Å². The number of rotatable bonds is 4. The van der Waals surface area contributed by atoms with Crippen LogP contribution in [0.25, 0.3) is 108 Å². The molecular weight excluding hydrogens is 661 g/mol. The summed E-state index contributed by atoms with van der Waals surface area (Å²) in [5, 5.41) is 12.7. The molecule has 1 nitrogen and oxygen atoms in total. The SMILES string of the molecule is Cc1cocc1-c1c2ccccc2c(-c2cccc3sc4c(-c5c6ccccc6c(-c6ccccc6)c6ccccc56)cccc4c23)c2ccccc12. The standard InChI is InChI=1S/C51H32OS/c1-31-29-52-30-44(31)49-39-23-11-9-21-37(39)47(38-22-10-12-24-40(38)49)41-25-14-28-45-50(41)43-27-13-26-42(51(43)53-45)48-35-19-7-5-17-33(35)46(32-15-3-2-4-16-32)34-18-6-8-20-36(34)48/h2-30H,1H3. The second-order valence-electron chi connectivity index (χ2n) is 14.0. The molecule has 0 aliphatic heterocycles. The van der Waals surface area contributed by atoms with E-state index in [1.807, 2.05) is 23.9 Å². The van der Waals surface area contributed by atoms with Crippen LogP contribution in [0.3, 0.4) is 0 Å².